The standard InChI is InChI=1S/C23H18F2N4O2/c24-16-7-5-15(6-8-16)13-29(23(31)26-18-11-9-17(25)10-12-18)14-21-27-20-4-2-1-3-19(20)22(30)28-21/h1-12H,13-14H2,(H,26,31)(H,27,28,30). The Balaban J connectivity index is 1.62. The number of carbonyl (C=O) groups excluding carboxylic acids is 1. The summed E-state index contributed by atoms with van der Waals surface area (Å²) in [7, 11) is 0. The van der Waals surface area contributed by atoms with Crippen LogP contribution in [0.15, 0.2) is 77.6 Å². The third-order valence-corrected chi connectivity index (χ3v) is 4.67. The van der Waals surface area contributed by atoms with Crippen molar-refractivity contribution in [2.75, 3.05) is 5.32 Å². The smallest absolute Gasteiger partial charge is 0.313 e. The molecule has 8 heteroatoms. The molecule has 0 bridgehead atoms. The summed E-state index contributed by atoms with van der Waals surface area (Å²) in [5, 5.41) is 3.15. The van der Waals surface area contributed by atoms with Crippen LogP contribution in [0, 0.1) is 11.6 Å². The molecule has 0 atom stereocenters. The van der Waals surface area contributed by atoms with Gasteiger partial charge in [-0.2, -0.15) is 0 Å². The molecular weight excluding hydrogens is 402 g/mol. The number of aromatic nitrogens is 2. The number of nitrogens with zero attached hydrogens (tertiary/aromatic N) is 2. The van der Waals surface area contributed by atoms with E-state index in [1.807, 2.05) is 0 Å². The van der Waals surface area contributed by atoms with Gasteiger partial charge in [-0.25, -0.2) is 18.6 Å². The highest BCUT2D eigenvalue weighted by Gasteiger charge is 2.17. The SMILES string of the molecule is O=C(Nc1ccc(F)cc1)N(Cc1ccc(F)cc1)Cc1nc2ccccc2c(=O)[nH]1. The number of hydrogen-bond donors (Lipinski definition) is 2. The van der Waals surface area contributed by atoms with Crippen LogP contribution in [0.1, 0.15) is 11.4 Å². The van der Waals surface area contributed by atoms with Crippen LogP contribution in [-0.2, 0) is 13.1 Å². The van der Waals surface area contributed by atoms with E-state index in [-0.39, 0.29) is 24.5 Å². The number of H-pyrrole nitrogens is 1. The summed E-state index contributed by atoms with van der Waals surface area (Å²) >= 11 is 0. The highest BCUT2D eigenvalue weighted by Crippen LogP contribution is 2.14. The number of aromatic amines is 1. The van der Waals surface area contributed by atoms with Crippen molar-refractivity contribution < 1.29 is 13.6 Å². The first-order valence-corrected chi connectivity index (χ1v) is 9.52. The molecule has 6 nitrogen and oxygen atoms in total. The Bertz CT molecular complexity index is 1270. The van der Waals surface area contributed by atoms with Gasteiger partial charge in [-0.05, 0) is 54.1 Å². The molecule has 0 saturated heterocycles. The van der Waals surface area contributed by atoms with Crippen molar-refractivity contribution in [2.24, 2.45) is 0 Å². The van der Waals surface area contributed by atoms with Crippen LogP contribution in [0.5, 0.6) is 0 Å². The topological polar surface area (TPSA) is 78.1 Å². The quantitative estimate of drug-likeness (QED) is 0.501. The maximum atomic E-state index is 13.3. The first-order chi connectivity index (χ1) is 15.0. The molecule has 0 aliphatic rings. The Morgan fingerprint density at radius 1 is 0.903 bits per heavy atom. The molecule has 0 aliphatic heterocycles. The lowest BCUT2D eigenvalue weighted by molar-refractivity contribution is 0.205. The number of carbonyl (C=O) groups is 1. The monoisotopic (exact) mass is 420 g/mol. The largest absolute Gasteiger partial charge is 0.322 e. The molecule has 0 aliphatic carbocycles. The molecule has 0 spiro atoms. The van der Waals surface area contributed by atoms with Crippen LogP contribution in [-0.4, -0.2) is 20.9 Å². The zero-order valence-electron chi connectivity index (χ0n) is 16.3. The van der Waals surface area contributed by atoms with Gasteiger partial charge in [0.2, 0.25) is 0 Å². The maximum Gasteiger partial charge on any atom is 0.322 e. The normalized spacial score (nSPS) is 10.8. The summed E-state index contributed by atoms with van der Waals surface area (Å²) in [6.45, 7) is 0.147. The van der Waals surface area contributed by atoms with Gasteiger partial charge in [0.25, 0.3) is 5.56 Å². The van der Waals surface area contributed by atoms with E-state index in [1.165, 1.54) is 41.3 Å². The van der Waals surface area contributed by atoms with Crippen LogP contribution >= 0.6 is 0 Å². The van der Waals surface area contributed by atoms with Crippen molar-refractivity contribution in [3.63, 3.8) is 0 Å². The van der Waals surface area contributed by atoms with Crippen LogP contribution in [0.25, 0.3) is 10.9 Å². The van der Waals surface area contributed by atoms with E-state index in [1.54, 1.807) is 36.4 Å². The van der Waals surface area contributed by atoms with Gasteiger partial charge in [0, 0.05) is 12.2 Å². The van der Waals surface area contributed by atoms with Crippen molar-refractivity contribution in [3.05, 3.63) is 106 Å². The molecule has 31 heavy (non-hydrogen) atoms. The molecule has 156 valence electrons. The number of rotatable bonds is 5. The van der Waals surface area contributed by atoms with Crippen molar-refractivity contribution in [2.45, 2.75) is 13.1 Å². The fourth-order valence-corrected chi connectivity index (χ4v) is 3.14. The molecule has 0 saturated carbocycles. The summed E-state index contributed by atoms with van der Waals surface area (Å²) < 4.78 is 26.4. The predicted molar refractivity (Wildman–Crippen MR) is 113 cm³/mol. The first kappa shape index (κ1) is 20.2. The second-order valence-electron chi connectivity index (χ2n) is 6.95. The lowest BCUT2D eigenvalue weighted by Crippen LogP contribution is -2.35. The number of benzene rings is 3. The highest BCUT2D eigenvalue weighted by molar-refractivity contribution is 5.89. The van der Waals surface area contributed by atoms with Crippen LogP contribution < -0.4 is 10.9 Å². The summed E-state index contributed by atoms with van der Waals surface area (Å²) in [5.41, 5.74) is 1.32. The second-order valence-corrected chi connectivity index (χ2v) is 6.95. The summed E-state index contributed by atoms with van der Waals surface area (Å²) in [6, 6.07) is 17.6. The molecule has 0 radical (unpaired) electrons. The Labute approximate surface area is 176 Å². The fourth-order valence-electron chi connectivity index (χ4n) is 3.14. The molecule has 3 aromatic carbocycles. The zero-order chi connectivity index (χ0) is 21.8. The van der Waals surface area contributed by atoms with Gasteiger partial charge >= 0.3 is 6.03 Å². The summed E-state index contributed by atoms with van der Waals surface area (Å²) in [4.78, 5) is 33.9. The number of nitrogens with one attached hydrogen (secondary N) is 2. The van der Waals surface area contributed by atoms with Crippen molar-refractivity contribution in [1.82, 2.24) is 14.9 Å². The molecule has 1 heterocycles. The number of amides is 2. The summed E-state index contributed by atoms with van der Waals surface area (Å²) in [6.07, 6.45) is 0. The van der Waals surface area contributed by atoms with Gasteiger partial charge < -0.3 is 15.2 Å². The Morgan fingerprint density at radius 3 is 2.26 bits per heavy atom. The van der Waals surface area contributed by atoms with Gasteiger partial charge in [-0.1, -0.05) is 24.3 Å². The molecule has 4 rings (SSSR count). The van der Waals surface area contributed by atoms with E-state index in [0.29, 0.717) is 28.0 Å². The van der Waals surface area contributed by atoms with Crippen LogP contribution in [0.4, 0.5) is 19.3 Å². The molecule has 0 unspecified atom stereocenters. The van der Waals surface area contributed by atoms with Gasteiger partial charge in [0.05, 0.1) is 17.4 Å². The van der Waals surface area contributed by atoms with Crippen LogP contribution in [0.2, 0.25) is 0 Å². The van der Waals surface area contributed by atoms with Gasteiger partial charge in [-0.15, -0.1) is 0 Å². The number of halogens is 2. The zero-order valence-corrected chi connectivity index (χ0v) is 16.3. The van der Waals surface area contributed by atoms with E-state index in [2.05, 4.69) is 15.3 Å². The van der Waals surface area contributed by atoms with Crippen molar-refractivity contribution in [1.29, 1.82) is 0 Å². The number of fused-ring (bicyclic) bond motifs is 1. The van der Waals surface area contributed by atoms with Crippen molar-refractivity contribution >= 4 is 22.6 Å². The lowest BCUT2D eigenvalue weighted by atomic mass is 10.2. The number of anilines is 1. The maximum absolute atomic E-state index is 13.3. The number of para-hydroxylation sites is 1. The minimum atomic E-state index is -0.480. The predicted octanol–water partition coefficient (Wildman–Crippen LogP) is 4.44. The molecular formula is C23H18F2N4O2. The van der Waals surface area contributed by atoms with E-state index in [9.17, 15) is 18.4 Å². The van der Waals surface area contributed by atoms with E-state index >= 15 is 0 Å². The van der Waals surface area contributed by atoms with E-state index in [4.69, 9.17) is 0 Å². The van der Waals surface area contributed by atoms with Crippen LogP contribution in [0.3, 0.4) is 0 Å². The molecule has 0 fully saturated rings. The Morgan fingerprint density at radius 2 is 1.55 bits per heavy atom. The van der Waals surface area contributed by atoms with Gasteiger partial charge in [-0.3, -0.25) is 4.79 Å². The average Bonchev–Trinajstić information content (AvgIpc) is 2.76. The molecule has 1 aromatic heterocycles. The van der Waals surface area contributed by atoms with Gasteiger partial charge in [0.15, 0.2) is 0 Å². The Kier molecular flexibility index (Phi) is 5.70. The molecule has 4 aromatic rings. The minimum Gasteiger partial charge on any atom is -0.313 e. The molecule has 2 N–H and O–H groups in total. The van der Waals surface area contributed by atoms with E-state index < -0.39 is 11.8 Å². The lowest BCUT2D eigenvalue weighted by Gasteiger charge is -2.23. The summed E-state index contributed by atoms with van der Waals surface area (Å²) in [5.74, 6) is -0.495. The van der Waals surface area contributed by atoms with E-state index in [0.717, 1.165) is 0 Å². The third-order valence-electron chi connectivity index (χ3n) is 4.67. The second kappa shape index (κ2) is 8.74. The van der Waals surface area contributed by atoms with Crippen molar-refractivity contribution in [3.8, 4) is 0 Å². The number of hydrogen-bond acceptors (Lipinski definition) is 3. The third kappa shape index (κ3) is 4.92. The first-order valence-electron chi connectivity index (χ1n) is 9.52. The highest BCUT2D eigenvalue weighted by atomic mass is 19.1. The Hall–Kier alpha value is -4.07. The number of urea groups is 1. The van der Waals surface area contributed by atoms with Gasteiger partial charge in [0.1, 0.15) is 17.5 Å². The fraction of sp³-hybridized carbons (Fsp3) is 0.0870. The average molecular weight is 420 g/mol. The minimum absolute atomic E-state index is 0.00444. The molecule has 2 amide bonds.